The van der Waals surface area contributed by atoms with Crippen molar-refractivity contribution < 1.29 is 9.90 Å². The van der Waals surface area contributed by atoms with Gasteiger partial charge in [-0.2, -0.15) is 0 Å². The molecule has 0 spiro atoms. The number of nitrogens with one attached hydrogen (secondary N) is 2. The molecule has 0 saturated heterocycles. The number of hydrogen-bond donors (Lipinski definition) is 3. The van der Waals surface area contributed by atoms with Crippen LogP contribution in [0, 0.1) is 0 Å². The molecule has 5 nitrogen and oxygen atoms in total. The monoisotopic (exact) mass is 313 g/mol. The molecule has 0 aromatic heterocycles. The van der Waals surface area contributed by atoms with Crippen LogP contribution in [0.5, 0.6) is 0 Å². The van der Waals surface area contributed by atoms with E-state index < -0.39 is 0 Å². The van der Waals surface area contributed by atoms with Crippen molar-refractivity contribution in [3.8, 4) is 0 Å². The van der Waals surface area contributed by atoms with E-state index in [9.17, 15) is 9.90 Å². The SMILES string of the molecule is CN(C)Cc1cccc(NC(=O)NCc2ccccc2CO)c1. The molecule has 5 heteroatoms. The molecule has 2 amide bonds. The van der Waals surface area contributed by atoms with E-state index in [2.05, 4.69) is 15.5 Å². The van der Waals surface area contributed by atoms with Crippen molar-refractivity contribution in [1.82, 2.24) is 10.2 Å². The second-order valence-electron chi connectivity index (χ2n) is 5.67. The molecule has 0 aliphatic rings. The van der Waals surface area contributed by atoms with E-state index in [4.69, 9.17) is 0 Å². The molecule has 23 heavy (non-hydrogen) atoms. The minimum absolute atomic E-state index is 0.0357. The van der Waals surface area contributed by atoms with Crippen LogP contribution < -0.4 is 10.6 Å². The molecule has 0 unspecified atom stereocenters. The Labute approximate surface area is 136 Å². The number of amides is 2. The number of benzene rings is 2. The molecular formula is C18H23N3O2. The topological polar surface area (TPSA) is 64.6 Å². The number of aliphatic hydroxyl groups excluding tert-OH is 1. The zero-order valence-corrected chi connectivity index (χ0v) is 13.5. The minimum atomic E-state index is -0.264. The Bertz CT molecular complexity index is 656. The molecule has 0 fully saturated rings. The van der Waals surface area contributed by atoms with Gasteiger partial charge in [0.1, 0.15) is 0 Å². The van der Waals surface area contributed by atoms with Crippen molar-refractivity contribution in [2.24, 2.45) is 0 Å². The van der Waals surface area contributed by atoms with Crippen molar-refractivity contribution in [2.45, 2.75) is 19.7 Å². The van der Waals surface area contributed by atoms with Crippen LogP contribution in [0.25, 0.3) is 0 Å². The number of anilines is 1. The van der Waals surface area contributed by atoms with Gasteiger partial charge >= 0.3 is 6.03 Å². The first-order valence-corrected chi connectivity index (χ1v) is 7.54. The van der Waals surface area contributed by atoms with E-state index in [1.807, 2.05) is 62.6 Å². The molecule has 0 heterocycles. The third kappa shape index (κ3) is 5.39. The van der Waals surface area contributed by atoms with E-state index in [0.29, 0.717) is 6.54 Å². The van der Waals surface area contributed by atoms with Crippen molar-refractivity contribution in [3.05, 3.63) is 65.2 Å². The molecule has 0 aliphatic carbocycles. The minimum Gasteiger partial charge on any atom is -0.392 e. The Morgan fingerprint density at radius 1 is 1.09 bits per heavy atom. The van der Waals surface area contributed by atoms with Gasteiger partial charge in [-0.05, 0) is 42.9 Å². The summed E-state index contributed by atoms with van der Waals surface area (Å²) in [4.78, 5) is 14.1. The maximum Gasteiger partial charge on any atom is 0.319 e. The Hall–Kier alpha value is -2.37. The average Bonchev–Trinajstić information content (AvgIpc) is 2.53. The zero-order chi connectivity index (χ0) is 16.7. The lowest BCUT2D eigenvalue weighted by atomic mass is 10.1. The summed E-state index contributed by atoms with van der Waals surface area (Å²) in [5, 5.41) is 14.9. The summed E-state index contributed by atoms with van der Waals surface area (Å²) in [5.74, 6) is 0. The highest BCUT2D eigenvalue weighted by Gasteiger charge is 2.05. The predicted octanol–water partition coefficient (Wildman–Crippen LogP) is 2.56. The lowest BCUT2D eigenvalue weighted by Gasteiger charge is -2.12. The number of hydrogen-bond acceptors (Lipinski definition) is 3. The Morgan fingerprint density at radius 3 is 2.52 bits per heavy atom. The lowest BCUT2D eigenvalue weighted by Crippen LogP contribution is -2.28. The molecule has 2 rings (SSSR count). The van der Waals surface area contributed by atoms with Crippen molar-refractivity contribution in [3.63, 3.8) is 0 Å². The van der Waals surface area contributed by atoms with Crippen molar-refractivity contribution >= 4 is 11.7 Å². The zero-order valence-electron chi connectivity index (χ0n) is 13.5. The summed E-state index contributed by atoms with van der Waals surface area (Å²) >= 11 is 0. The Kier molecular flexibility index (Phi) is 6.14. The van der Waals surface area contributed by atoms with Crippen LogP contribution >= 0.6 is 0 Å². The van der Waals surface area contributed by atoms with Gasteiger partial charge in [-0.1, -0.05) is 36.4 Å². The fraction of sp³-hybridized carbons (Fsp3) is 0.278. The van der Waals surface area contributed by atoms with Crippen LogP contribution in [0.3, 0.4) is 0 Å². The summed E-state index contributed by atoms with van der Waals surface area (Å²) in [6, 6.07) is 15.0. The third-order valence-corrected chi connectivity index (χ3v) is 3.41. The van der Waals surface area contributed by atoms with Crippen LogP contribution in [0.1, 0.15) is 16.7 Å². The van der Waals surface area contributed by atoms with E-state index in [-0.39, 0.29) is 12.6 Å². The smallest absolute Gasteiger partial charge is 0.319 e. The molecule has 3 N–H and O–H groups in total. The molecule has 2 aromatic carbocycles. The fourth-order valence-electron chi connectivity index (χ4n) is 2.35. The summed E-state index contributed by atoms with van der Waals surface area (Å²) in [7, 11) is 4.01. The lowest BCUT2D eigenvalue weighted by molar-refractivity contribution is 0.251. The first kappa shape index (κ1) is 17.0. The highest BCUT2D eigenvalue weighted by atomic mass is 16.3. The maximum atomic E-state index is 12.0. The van der Waals surface area contributed by atoms with Crippen LogP contribution in [-0.4, -0.2) is 30.1 Å². The van der Waals surface area contributed by atoms with Gasteiger partial charge in [0.05, 0.1) is 6.61 Å². The van der Waals surface area contributed by atoms with E-state index in [1.54, 1.807) is 0 Å². The largest absolute Gasteiger partial charge is 0.392 e. The van der Waals surface area contributed by atoms with E-state index in [0.717, 1.165) is 28.9 Å². The van der Waals surface area contributed by atoms with E-state index >= 15 is 0 Å². The van der Waals surface area contributed by atoms with Gasteiger partial charge in [-0.25, -0.2) is 4.79 Å². The summed E-state index contributed by atoms with van der Waals surface area (Å²) in [5.41, 5.74) is 3.63. The molecule has 0 radical (unpaired) electrons. The maximum absolute atomic E-state index is 12.0. The van der Waals surface area contributed by atoms with Gasteiger partial charge < -0.3 is 20.6 Å². The van der Waals surface area contributed by atoms with Crippen LogP contribution in [0.15, 0.2) is 48.5 Å². The second kappa shape index (κ2) is 8.31. The highest BCUT2D eigenvalue weighted by molar-refractivity contribution is 5.89. The number of nitrogens with zero attached hydrogens (tertiary/aromatic N) is 1. The second-order valence-corrected chi connectivity index (χ2v) is 5.67. The molecular weight excluding hydrogens is 290 g/mol. The fourth-order valence-corrected chi connectivity index (χ4v) is 2.35. The first-order chi connectivity index (χ1) is 11.1. The first-order valence-electron chi connectivity index (χ1n) is 7.54. The Morgan fingerprint density at radius 2 is 1.83 bits per heavy atom. The van der Waals surface area contributed by atoms with Gasteiger partial charge in [0.25, 0.3) is 0 Å². The number of rotatable bonds is 6. The van der Waals surface area contributed by atoms with Crippen LogP contribution in [-0.2, 0) is 19.7 Å². The van der Waals surface area contributed by atoms with Crippen molar-refractivity contribution in [2.75, 3.05) is 19.4 Å². The number of aliphatic hydroxyl groups is 1. The highest BCUT2D eigenvalue weighted by Crippen LogP contribution is 2.12. The van der Waals surface area contributed by atoms with E-state index in [1.165, 1.54) is 0 Å². The Balaban J connectivity index is 1.92. The molecule has 0 atom stereocenters. The van der Waals surface area contributed by atoms with Crippen LogP contribution in [0.4, 0.5) is 10.5 Å². The summed E-state index contributed by atoms with van der Waals surface area (Å²) < 4.78 is 0. The standard InChI is InChI=1S/C18H23N3O2/c1-21(2)12-14-6-5-9-17(10-14)20-18(23)19-11-15-7-3-4-8-16(15)13-22/h3-10,22H,11-13H2,1-2H3,(H2,19,20,23). The molecule has 2 aromatic rings. The van der Waals surface area contributed by atoms with Crippen molar-refractivity contribution in [1.29, 1.82) is 0 Å². The van der Waals surface area contributed by atoms with Gasteiger partial charge in [0.15, 0.2) is 0 Å². The van der Waals surface area contributed by atoms with Gasteiger partial charge in [0.2, 0.25) is 0 Å². The number of carbonyl (C=O) groups excluding carboxylic acids is 1. The van der Waals surface area contributed by atoms with Crippen LogP contribution in [0.2, 0.25) is 0 Å². The average molecular weight is 313 g/mol. The molecule has 0 aliphatic heterocycles. The summed E-state index contributed by atoms with van der Waals surface area (Å²) in [6.07, 6.45) is 0. The number of carbonyl (C=O) groups is 1. The molecule has 0 bridgehead atoms. The number of urea groups is 1. The predicted molar refractivity (Wildman–Crippen MR) is 92.1 cm³/mol. The molecule has 122 valence electrons. The molecule has 0 saturated carbocycles. The third-order valence-electron chi connectivity index (χ3n) is 3.41. The van der Waals surface area contributed by atoms with Gasteiger partial charge in [-0.15, -0.1) is 0 Å². The van der Waals surface area contributed by atoms with Gasteiger partial charge in [0, 0.05) is 18.8 Å². The van der Waals surface area contributed by atoms with Gasteiger partial charge in [-0.3, -0.25) is 0 Å². The normalized spacial score (nSPS) is 10.6. The summed E-state index contributed by atoms with van der Waals surface area (Å²) in [6.45, 7) is 1.16. The quantitative estimate of drug-likeness (QED) is 0.768.